The predicted octanol–water partition coefficient (Wildman–Crippen LogP) is 4.29. The van der Waals surface area contributed by atoms with Gasteiger partial charge in [-0.2, -0.15) is 0 Å². The van der Waals surface area contributed by atoms with Crippen LogP contribution in [0.4, 0.5) is 5.69 Å². The van der Waals surface area contributed by atoms with Crippen molar-refractivity contribution in [2.24, 2.45) is 0 Å². The van der Waals surface area contributed by atoms with E-state index < -0.39 is 0 Å². The van der Waals surface area contributed by atoms with E-state index in [2.05, 4.69) is 10.3 Å². The van der Waals surface area contributed by atoms with E-state index in [9.17, 15) is 4.79 Å². The van der Waals surface area contributed by atoms with Crippen LogP contribution in [0, 0.1) is 13.8 Å². The third-order valence-electron chi connectivity index (χ3n) is 4.54. The molecule has 0 aliphatic rings. The molecular formula is C21H19N3O. The van der Waals surface area contributed by atoms with Gasteiger partial charge >= 0.3 is 0 Å². The lowest BCUT2D eigenvalue weighted by molar-refractivity contribution is -0.115. The summed E-state index contributed by atoms with van der Waals surface area (Å²) in [6.45, 7) is 3.98. The van der Waals surface area contributed by atoms with Gasteiger partial charge in [-0.25, -0.2) is 4.98 Å². The molecule has 0 bridgehead atoms. The van der Waals surface area contributed by atoms with Gasteiger partial charge in [-0.3, -0.25) is 4.79 Å². The van der Waals surface area contributed by atoms with Gasteiger partial charge in [0, 0.05) is 17.3 Å². The first-order valence-corrected chi connectivity index (χ1v) is 8.34. The number of aromatic nitrogens is 2. The molecule has 4 aromatic rings. The Bertz CT molecular complexity index is 1090. The van der Waals surface area contributed by atoms with Crippen LogP contribution in [-0.2, 0) is 11.2 Å². The SMILES string of the molecule is Cc1nc2c(C)cccn2c1CC(=O)Nc1cccc2ccccc12. The standard InChI is InChI=1S/C21H19N3O/c1-14-7-6-12-24-19(15(2)22-21(14)24)13-20(25)23-18-11-5-9-16-8-3-4-10-17(16)18/h3-12H,13H2,1-2H3,(H,23,25). The van der Waals surface area contributed by atoms with Crippen molar-refractivity contribution < 1.29 is 4.79 Å². The molecule has 2 heterocycles. The molecule has 0 saturated carbocycles. The Labute approximate surface area is 146 Å². The molecule has 4 rings (SSSR count). The van der Waals surface area contributed by atoms with Crippen molar-refractivity contribution in [2.45, 2.75) is 20.3 Å². The zero-order chi connectivity index (χ0) is 17.4. The van der Waals surface area contributed by atoms with Crippen molar-refractivity contribution in [3.8, 4) is 0 Å². The van der Waals surface area contributed by atoms with E-state index in [1.54, 1.807) is 0 Å². The van der Waals surface area contributed by atoms with Crippen LogP contribution in [0.25, 0.3) is 16.4 Å². The number of amides is 1. The molecule has 0 spiro atoms. The lowest BCUT2D eigenvalue weighted by Crippen LogP contribution is -2.16. The number of nitrogens with one attached hydrogen (secondary N) is 1. The first-order valence-electron chi connectivity index (χ1n) is 8.34. The minimum absolute atomic E-state index is 0.0391. The molecule has 1 amide bonds. The molecule has 2 aromatic carbocycles. The van der Waals surface area contributed by atoms with Crippen molar-refractivity contribution in [1.29, 1.82) is 0 Å². The summed E-state index contributed by atoms with van der Waals surface area (Å²) < 4.78 is 2.01. The summed E-state index contributed by atoms with van der Waals surface area (Å²) in [7, 11) is 0. The summed E-state index contributed by atoms with van der Waals surface area (Å²) in [5, 5.41) is 5.21. The number of pyridine rings is 1. The molecule has 2 aromatic heterocycles. The number of fused-ring (bicyclic) bond motifs is 2. The monoisotopic (exact) mass is 329 g/mol. The van der Waals surface area contributed by atoms with Crippen LogP contribution in [0.3, 0.4) is 0 Å². The van der Waals surface area contributed by atoms with Gasteiger partial charge in [0.25, 0.3) is 0 Å². The Balaban J connectivity index is 1.65. The lowest BCUT2D eigenvalue weighted by Gasteiger charge is -2.09. The fourth-order valence-electron chi connectivity index (χ4n) is 3.26. The number of benzene rings is 2. The third-order valence-corrected chi connectivity index (χ3v) is 4.54. The highest BCUT2D eigenvalue weighted by atomic mass is 16.1. The Hall–Kier alpha value is -3.14. The van der Waals surface area contributed by atoms with E-state index in [4.69, 9.17) is 0 Å². The first-order chi connectivity index (χ1) is 12.1. The predicted molar refractivity (Wildman–Crippen MR) is 101 cm³/mol. The maximum Gasteiger partial charge on any atom is 0.230 e. The smallest absolute Gasteiger partial charge is 0.230 e. The molecule has 0 radical (unpaired) electrons. The number of aryl methyl sites for hydroxylation is 2. The van der Waals surface area contributed by atoms with E-state index in [-0.39, 0.29) is 5.91 Å². The summed E-state index contributed by atoms with van der Waals surface area (Å²) in [4.78, 5) is 17.3. The Kier molecular flexibility index (Phi) is 3.73. The van der Waals surface area contributed by atoms with Gasteiger partial charge in [-0.05, 0) is 36.9 Å². The second-order valence-corrected chi connectivity index (χ2v) is 6.28. The Morgan fingerprint density at radius 3 is 2.72 bits per heavy atom. The largest absolute Gasteiger partial charge is 0.325 e. The van der Waals surface area contributed by atoms with Gasteiger partial charge in [0.15, 0.2) is 0 Å². The number of rotatable bonds is 3. The Morgan fingerprint density at radius 2 is 1.84 bits per heavy atom. The fraction of sp³-hybridized carbons (Fsp3) is 0.143. The normalized spacial score (nSPS) is 11.1. The van der Waals surface area contributed by atoms with Gasteiger partial charge in [0.05, 0.1) is 17.8 Å². The van der Waals surface area contributed by atoms with Crippen molar-refractivity contribution in [1.82, 2.24) is 9.38 Å². The molecule has 0 aliphatic carbocycles. The van der Waals surface area contributed by atoms with Crippen LogP contribution in [-0.4, -0.2) is 15.3 Å². The number of anilines is 1. The summed E-state index contributed by atoms with van der Waals surface area (Å²) in [5.41, 5.74) is 4.67. The summed E-state index contributed by atoms with van der Waals surface area (Å²) >= 11 is 0. The average molecular weight is 329 g/mol. The average Bonchev–Trinajstić information content (AvgIpc) is 2.93. The van der Waals surface area contributed by atoms with Crippen LogP contribution >= 0.6 is 0 Å². The van der Waals surface area contributed by atoms with Crippen LogP contribution in [0.2, 0.25) is 0 Å². The topological polar surface area (TPSA) is 46.4 Å². The zero-order valence-corrected chi connectivity index (χ0v) is 14.3. The highest BCUT2D eigenvalue weighted by molar-refractivity contribution is 6.02. The molecule has 0 aliphatic heterocycles. The van der Waals surface area contributed by atoms with E-state index in [1.807, 2.05) is 79.0 Å². The molecule has 4 nitrogen and oxygen atoms in total. The van der Waals surface area contributed by atoms with Gasteiger partial charge in [-0.1, -0.05) is 42.5 Å². The van der Waals surface area contributed by atoms with Crippen LogP contribution in [0.5, 0.6) is 0 Å². The first kappa shape index (κ1) is 15.4. The summed E-state index contributed by atoms with van der Waals surface area (Å²) in [6, 6.07) is 18.0. The highest BCUT2D eigenvalue weighted by Crippen LogP contribution is 2.23. The van der Waals surface area contributed by atoms with Crippen molar-refractivity contribution in [2.75, 3.05) is 5.32 Å². The van der Waals surface area contributed by atoms with Gasteiger partial charge < -0.3 is 9.72 Å². The van der Waals surface area contributed by atoms with Crippen LogP contribution in [0.15, 0.2) is 60.8 Å². The maximum atomic E-state index is 12.7. The molecule has 25 heavy (non-hydrogen) atoms. The molecular weight excluding hydrogens is 310 g/mol. The fourth-order valence-corrected chi connectivity index (χ4v) is 3.26. The number of carbonyl (C=O) groups is 1. The van der Waals surface area contributed by atoms with Crippen LogP contribution < -0.4 is 5.32 Å². The number of imidazole rings is 1. The quantitative estimate of drug-likeness (QED) is 0.609. The maximum absolute atomic E-state index is 12.7. The molecule has 124 valence electrons. The van der Waals surface area contributed by atoms with E-state index in [0.717, 1.165) is 39.1 Å². The van der Waals surface area contributed by atoms with E-state index in [0.29, 0.717) is 6.42 Å². The number of carbonyl (C=O) groups excluding carboxylic acids is 1. The van der Waals surface area contributed by atoms with Gasteiger partial charge in [0.2, 0.25) is 5.91 Å². The molecule has 0 atom stereocenters. The summed E-state index contributed by atoms with van der Waals surface area (Å²) in [6.07, 6.45) is 2.25. The number of hydrogen-bond donors (Lipinski definition) is 1. The second-order valence-electron chi connectivity index (χ2n) is 6.28. The van der Waals surface area contributed by atoms with Crippen molar-refractivity contribution in [3.63, 3.8) is 0 Å². The molecule has 0 unspecified atom stereocenters. The van der Waals surface area contributed by atoms with Crippen molar-refractivity contribution in [3.05, 3.63) is 77.7 Å². The molecule has 0 fully saturated rings. The minimum Gasteiger partial charge on any atom is -0.325 e. The van der Waals surface area contributed by atoms with Crippen molar-refractivity contribution >= 4 is 28.0 Å². The molecule has 4 heteroatoms. The zero-order valence-electron chi connectivity index (χ0n) is 14.3. The second kappa shape index (κ2) is 6.06. The molecule has 1 N–H and O–H groups in total. The van der Waals surface area contributed by atoms with Gasteiger partial charge in [-0.15, -0.1) is 0 Å². The minimum atomic E-state index is -0.0391. The lowest BCUT2D eigenvalue weighted by atomic mass is 10.1. The van der Waals surface area contributed by atoms with E-state index in [1.165, 1.54) is 0 Å². The highest BCUT2D eigenvalue weighted by Gasteiger charge is 2.14. The third kappa shape index (κ3) is 2.76. The van der Waals surface area contributed by atoms with Gasteiger partial charge in [0.1, 0.15) is 5.65 Å². The summed E-state index contributed by atoms with van der Waals surface area (Å²) in [5.74, 6) is -0.0391. The Morgan fingerprint density at radius 1 is 1.04 bits per heavy atom. The van der Waals surface area contributed by atoms with Crippen LogP contribution in [0.1, 0.15) is 17.0 Å². The van der Waals surface area contributed by atoms with E-state index >= 15 is 0 Å². The number of nitrogens with zero attached hydrogens (tertiary/aromatic N) is 2. The molecule has 0 saturated heterocycles. The number of hydrogen-bond acceptors (Lipinski definition) is 2.